The van der Waals surface area contributed by atoms with E-state index in [4.69, 9.17) is 9.47 Å². The van der Waals surface area contributed by atoms with Crippen LogP contribution in [-0.2, 0) is 19.1 Å². The van der Waals surface area contributed by atoms with Crippen molar-refractivity contribution < 1.29 is 42.5 Å². The molecule has 0 spiro atoms. The molecule has 0 unspecified atom stereocenters. The van der Waals surface area contributed by atoms with Gasteiger partial charge in [0.15, 0.2) is 0 Å². The van der Waals surface area contributed by atoms with Crippen molar-refractivity contribution in [3.8, 4) is 5.88 Å². The number of rotatable bonds is 4. The first-order valence-corrected chi connectivity index (χ1v) is 16.6. The molecule has 3 aromatic rings. The standard InChI is InChI=1S/C36H40F2N4O7/c1-35(2,3)49-34(47)40-28-10-8-6-4-5-7-9-20-18-36(20,33(45)46)41-30(43)29-17-23(19-42(29)32(28)44)48-31-24-13-11-21(37)15-25(24)26-16-22(38)12-14-27(26)39-31/h7,9,11-16,20,23,28-29H,4-6,8,10,17-19H2,1-3H3,(H,40,47)(H,41,43)(H,45,46)/t20-,23-,28+,29+,36-/m1/s1. The highest BCUT2D eigenvalue weighted by Gasteiger charge is 2.61. The van der Waals surface area contributed by atoms with Gasteiger partial charge in [-0.15, -0.1) is 0 Å². The summed E-state index contributed by atoms with van der Waals surface area (Å²) < 4.78 is 40.3. The number of amides is 3. The predicted octanol–water partition coefficient (Wildman–Crippen LogP) is 5.39. The minimum Gasteiger partial charge on any atom is -0.479 e. The van der Waals surface area contributed by atoms with Crippen LogP contribution < -0.4 is 15.4 Å². The van der Waals surface area contributed by atoms with Gasteiger partial charge in [0.1, 0.15) is 41.0 Å². The molecule has 3 amide bonds. The third-order valence-electron chi connectivity index (χ3n) is 9.27. The van der Waals surface area contributed by atoms with Gasteiger partial charge < -0.3 is 30.1 Å². The maximum atomic E-state index is 14.4. The van der Waals surface area contributed by atoms with E-state index in [9.17, 15) is 33.1 Å². The largest absolute Gasteiger partial charge is 0.479 e. The van der Waals surface area contributed by atoms with Gasteiger partial charge in [0.05, 0.1) is 12.1 Å². The Bertz CT molecular complexity index is 1840. The van der Waals surface area contributed by atoms with Crippen LogP contribution in [0.2, 0.25) is 0 Å². The fraction of sp³-hybridized carbons (Fsp3) is 0.472. The summed E-state index contributed by atoms with van der Waals surface area (Å²) in [6, 6.07) is 5.76. The van der Waals surface area contributed by atoms with Crippen LogP contribution in [0.5, 0.6) is 5.88 Å². The smallest absolute Gasteiger partial charge is 0.408 e. The number of carboxylic acid groups (broad SMARTS) is 1. The zero-order chi connectivity index (χ0) is 35.1. The first-order valence-electron chi connectivity index (χ1n) is 16.6. The Hall–Kier alpha value is -4.81. The number of pyridine rings is 1. The molecule has 2 aliphatic heterocycles. The van der Waals surface area contributed by atoms with E-state index in [1.807, 2.05) is 12.2 Å². The summed E-state index contributed by atoms with van der Waals surface area (Å²) in [5.74, 6) is -3.69. The van der Waals surface area contributed by atoms with Gasteiger partial charge >= 0.3 is 12.1 Å². The van der Waals surface area contributed by atoms with Gasteiger partial charge in [0.25, 0.3) is 0 Å². The summed E-state index contributed by atoms with van der Waals surface area (Å²) in [6.07, 6.45) is 5.56. The predicted molar refractivity (Wildman–Crippen MR) is 176 cm³/mol. The van der Waals surface area contributed by atoms with Crippen LogP contribution in [0, 0.1) is 17.6 Å². The summed E-state index contributed by atoms with van der Waals surface area (Å²) in [6.45, 7) is 5.04. The van der Waals surface area contributed by atoms with Crippen molar-refractivity contribution in [2.24, 2.45) is 5.92 Å². The number of aliphatic carboxylic acids is 1. The minimum absolute atomic E-state index is 0.0151. The van der Waals surface area contributed by atoms with Crippen LogP contribution in [0.4, 0.5) is 13.6 Å². The van der Waals surface area contributed by atoms with Crippen LogP contribution in [0.1, 0.15) is 65.7 Å². The highest BCUT2D eigenvalue weighted by molar-refractivity contribution is 6.07. The molecule has 11 nitrogen and oxygen atoms in total. The number of hydrogen-bond acceptors (Lipinski definition) is 7. The molecule has 1 saturated carbocycles. The lowest BCUT2D eigenvalue weighted by Gasteiger charge is -2.30. The van der Waals surface area contributed by atoms with Crippen LogP contribution in [0.25, 0.3) is 21.7 Å². The minimum atomic E-state index is -1.49. The molecule has 260 valence electrons. The highest BCUT2D eigenvalue weighted by atomic mass is 19.1. The number of carboxylic acids is 1. The number of carbonyl (C=O) groups excluding carboxylic acids is 3. The molecule has 3 aliphatic rings. The number of nitrogens with zero attached hydrogens (tertiary/aromatic N) is 2. The summed E-state index contributed by atoms with van der Waals surface area (Å²) >= 11 is 0. The average Bonchev–Trinajstić information content (AvgIpc) is 3.56. The summed E-state index contributed by atoms with van der Waals surface area (Å²) in [5.41, 5.74) is -1.95. The Morgan fingerprint density at radius 2 is 1.78 bits per heavy atom. The van der Waals surface area contributed by atoms with Gasteiger partial charge in [-0.3, -0.25) is 9.59 Å². The zero-order valence-corrected chi connectivity index (χ0v) is 27.6. The normalized spacial score (nSPS) is 26.3. The monoisotopic (exact) mass is 678 g/mol. The topological polar surface area (TPSA) is 147 Å². The molecule has 1 saturated heterocycles. The van der Waals surface area contributed by atoms with Crippen molar-refractivity contribution in [1.29, 1.82) is 0 Å². The molecule has 1 aromatic heterocycles. The number of ether oxygens (including phenoxy) is 2. The van der Waals surface area contributed by atoms with Gasteiger partial charge in [-0.1, -0.05) is 25.0 Å². The Morgan fingerprint density at radius 3 is 2.51 bits per heavy atom. The zero-order valence-electron chi connectivity index (χ0n) is 27.6. The first kappa shape index (κ1) is 34.1. The van der Waals surface area contributed by atoms with E-state index in [-0.39, 0.29) is 25.3 Å². The van der Waals surface area contributed by atoms with Crippen LogP contribution in [0.15, 0.2) is 48.6 Å². The van der Waals surface area contributed by atoms with Crippen molar-refractivity contribution in [1.82, 2.24) is 20.5 Å². The van der Waals surface area contributed by atoms with Gasteiger partial charge in [-0.2, -0.15) is 0 Å². The molecule has 3 heterocycles. The molecule has 2 aromatic carbocycles. The molecule has 1 aliphatic carbocycles. The molecule has 0 bridgehead atoms. The fourth-order valence-corrected chi connectivity index (χ4v) is 6.76. The second-order valence-corrected chi connectivity index (χ2v) is 14.1. The van der Waals surface area contributed by atoms with E-state index in [1.165, 1.54) is 41.3 Å². The SMILES string of the molecule is CC(C)(C)OC(=O)N[C@H]1CCCCCC=C[C@@H]2C[C@@]2(C(=O)O)NC(=O)[C@@H]2C[C@@H](Oc3nc4ccc(F)cc4c4cc(F)ccc34)CN2C1=O. The lowest BCUT2D eigenvalue weighted by molar-refractivity contribution is -0.145. The lowest BCUT2D eigenvalue weighted by Crippen LogP contribution is -2.56. The number of nitrogens with one attached hydrogen (secondary N) is 2. The third kappa shape index (κ3) is 7.30. The number of halogens is 2. The lowest BCUT2D eigenvalue weighted by atomic mass is 10.0. The number of benzene rings is 2. The molecule has 5 atom stereocenters. The van der Waals surface area contributed by atoms with E-state index < -0.39 is 70.8 Å². The molecule has 13 heteroatoms. The molecule has 0 radical (unpaired) electrons. The summed E-state index contributed by atoms with van der Waals surface area (Å²) in [5, 5.41) is 16.7. The Kier molecular flexibility index (Phi) is 9.21. The van der Waals surface area contributed by atoms with Crippen molar-refractivity contribution in [3.05, 3.63) is 60.2 Å². The highest BCUT2D eigenvalue weighted by Crippen LogP contribution is 2.45. The number of aromatic nitrogens is 1. The van der Waals surface area contributed by atoms with Crippen molar-refractivity contribution in [2.75, 3.05) is 6.54 Å². The van der Waals surface area contributed by atoms with Crippen molar-refractivity contribution in [2.45, 2.75) is 95.0 Å². The molecule has 6 rings (SSSR count). The summed E-state index contributed by atoms with van der Waals surface area (Å²) in [4.78, 5) is 59.4. The second-order valence-electron chi connectivity index (χ2n) is 14.1. The Morgan fingerprint density at radius 1 is 1.04 bits per heavy atom. The molecular formula is C36H40F2N4O7. The van der Waals surface area contributed by atoms with Crippen LogP contribution >= 0.6 is 0 Å². The molecule has 3 N–H and O–H groups in total. The Balaban J connectivity index is 1.34. The second kappa shape index (κ2) is 13.2. The van der Waals surface area contributed by atoms with Crippen LogP contribution in [0.3, 0.4) is 0 Å². The maximum Gasteiger partial charge on any atom is 0.408 e. The number of fused-ring (bicyclic) bond motifs is 5. The van der Waals surface area contributed by atoms with Crippen molar-refractivity contribution in [3.63, 3.8) is 0 Å². The maximum absolute atomic E-state index is 14.4. The van der Waals surface area contributed by atoms with E-state index in [0.29, 0.717) is 40.9 Å². The average molecular weight is 679 g/mol. The molecular weight excluding hydrogens is 638 g/mol. The van der Waals surface area contributed by atoms with E-state index in [0.717, 1.165) is 12.8 Å². The number of allylic oxidation sites excluding steroid dienone is 1. The number of hydrogen-bond donors (Lipinski definition) is 3. The first-order chi connectivity index (χ1) is 23.2. The van der Waals surface area contributed by atoms with Gasteiger partial charge in [-0.05, 0) is 88.2 Å². The number of carbonyl (C=O) groups is 4. The van der Waals surface area contributed by atoms with E-state index >= 15 is 0 Å². The van der Waals surface area contributed by atoms with Crippen molar-refractivity contribution >= 4 is 45.6 Å². The van der Waals surface area contributed by atoms with Gasteiger partial charge in [-0.25, -0.2) is 23.4 Å². The van der Waals surface area contributed by atoms with E-state index in [1.54, 1.807) is 20.8 Å². The quantitative estimate of drug-likeness (QED) is 0.246. The summed E-state index contributed by atoms with van der Waals surface area (Å²) in [7, 11) is 0. The molecule has 2 fully saturated rings. The fourth-order valence-electron chi connectivity index (χ4n) is 6.76. The Labute approximate surface area is 282 Å². The van der Waals surface area contributed by atoms with E-state index in [2.05, 4.69) is 15.6 Å². The van der Waals surface area contributed by atoms with Gasteiger partial charge in [0, 0.05) is 23.1 Å². The van der Waals surface area contributed by atoms with Crippen LogP contribution in [-0.4, -0.2) is 74.7 Å². The number of alkyl carbamates (subject to hydrolysis) is 1. The van der Waals surface area contributed by atoms with Gasteiger partial charge in [0.2, 0.25) is 17.7 Å². The third-order valence-corrected chi connectivity index (χ3v) is 9.27. The molecule has 49 heavy (non-hydrogen) atoms.